The summed E-state index contributed by atoms with van der Waals surface area (Å²) in [7, 11) is 0. The van der Waals surface area contributed by atoms with E-state index in [-0.39, 0.29) is 5.41 Å². The molecule has 1 aromatic heterocycles. The number of rotatable bonds is 3. The Morgan fingerprint density at radius 2 is 1.95 bits per heavy atom. The molecule has 1 aromatic rings. The predicted octanol–water partition coefficient (Wildman–Crippen LogP) is 2.21. The first-order valence-corrected chi connectivity index (χ1v) is 8.01. The fourth-order valence-electron chi connectivity index (χ4n) is 3.57. The average Bonchev–Trinajstić information content (AvgIpc) is 3.09. The number of hydrogen-bond acceptors (Lipinski definition) is 4. The van der Waals surface area contributed by atoms with Crippen molar-refractivity contribution in [3.8, 4) is 0 Å². The normalized spacial score (nSPS) is 22.7. The SMILES string of the molecule is Cc1cc(CN2CCN(C(=O)C3(C)CCCC3)CC2)on1. The first-order chi connectivity index (χ1) is 10.1. The van der Waals surface area contributed by atoms with E-state index >= 15 is 0 Å². The Kier molecular flexibility index (Phi) is 4.02. The van der Waals surface area contributed by atoms with E-state index in [0.717, 1.165) is 57.0 Å². The van der Waals surface area contributed by atoms with Crippen LogP contribution in [0.25, 0.3) is 0 Å². The van der Waals surface area contributed by atoms with Crippen LogP contribution in [0.3, 0.4) is 0 Å². The molecule has 1 aliphatic carbocycles. The summed E-state index contributed by atoms with van der Waals surface area (Å²) in [5, 5.41) is 3.92. The molecule has 2 heterocycles. The first-order valence-electron chi connectivity index (χ1n) is 8.01. The van der Waals surface area contributed by atoms with Crippen molar-refractivity contribution in [2.75, 3.05) is 26.2 Å². The van der Waals surface area contributed by atoms with Crippen LogP contribution >= 0.6 is 0 Å². The van der Waals surface area contributed by atoms with Gasteiger partial charge < -0.3 is 9.42 Å². The average molecular weight is 291 g/mol. The van der Waals surface area contributed by atoms with Crippen molar-refractivity contribution >= 4 is 5.91 Å². The highest BCUT2D eigenvalue weighted by atomic mass is 16.5. The molecule has 0 N–H and O–H groups in total. The Balaban J connectivity index is 1.52. The number of nitrogens with zero attached hydrogens (tertiary/aromatic N) is 3. The maximum absolute atomic E-state index is 12.7. The molecule has 0 bridgehead atoms. The van der Waals surface area contributed by atoms with Crippen LogP contribution in [0.5, 0.6) is 0 Å². The van der Waals surface area contributed by atoms with E-state index in [2.05, 4.69) is 21.9 Å². The van der Waals surface area contributed by atoms with Crippen LogP contribution in [0, 0.1) is 12.3 Å². The third-order valence-electron chi connectivity index (χ3n) is 4.94. The molecule has 3 rings (SSSR count). The van der Waals surface area contributed by atoms with E-state index in [1.54, 1.807) is 0 Å². The van der Waals surface area contributed by atoms with Crippen LogP contribution in [-0.4, -0.2) is 47.0 Å². The molecule has 0 aromatic carbocycles. The summed E-state index contributed by atoms with van der Waals surface area (Å²) in [6, 6.07) is 1.98. The summed E-state index contributed by atoms with van der Waals surface area (Å²) in [5.74, 6) is 1.28. The second-order valence-corrected chi connectivity index (χ2v) is 6.77. The highest BCUT2D eigenvalue weighted by molar-refractivity contribution is 5.82. The Labute approximate surface area is 126 Å². The first kappa shape index (κ1) is 14.6. The number of carbonyl (C=O) groups is 1. The van der Waals surface area contributed by atoms with Gasteiger partial charge in [-0.15, -0.1) is 0 Å². The Morgan fingerprint density at radius 1 is 1.29 bits per heavy atom. The lowest BCUT2D eigenvalue weighted by Gasteiger charge is -2.38. The summed E-state index contributed by atoms with van der Waals surface area (Å²) < 4.78 is 5.27. The smallest absolute Gasteiger partial charge is 0.228 e. The molecule has 0 unspecified atom stereocenters. The maximum atomic E-state index is 12.7. The van der Waals surface area contributed by atoms with Crippen LogP contribution < -0.4 is 0 Å². The van der Waals surface area contributed by atoms with Crippen molar-refractivity contribution in [3.05, 3.63) is 17.5 Å². The monoisotopic (exact) mass is 291 g/mol. The predicted molar refractivity (Wildman–Crippen MR) is 79.7 cm³/mol. The molecule has 5 heteroatoms. The molecule has 0 radical (unpaired) electrons. The largest absolute Gasteiger partial charge is 0.360 e. The third-order valence-corrected chi connectivity index (χ3v) is 4.94. The van der Waals surface area contributed by atoms with Gasteiger partial charge in [0.25, 0.3) is 0 Å². The molecule has 5 nitrogen and oxygen atoms in total. The lowest BCUT2D eigenvalue weighted by Crippen LogP contribution is -2.51. The van der Waals surface area contributed by atoms with Gasteiger partial charge in [-0.3, -0.25) is 9.69 Å². The molecule has 1 aliphatic heterocycles. The molecule has 1 amide bonds. The van der Waals surface area contributed by atoms with Gasteiger partial charge in [0.05, 0.1) is 12.2 Å². The number of carbonyl (C=O) groups excluding carboxylic acids is 1. The van der Waals surface area contributed by atoms with E-state index < -0.39 is 0 Å². The van der Waals surface area contributed by atoms with E-state index in [1.807, 2.05) is 13.0 Å². The standard InChI is InChI=1S/C16H25N3O2/c1-13-11-14(21-17-13)12-18-7-9-19(10-8-18)15(20)16(2)5-3-4-6-16/h11H,3-10,12H2,1-2H3. The van der Waals surface area contributed by atoms with Crippen LogP contribution in [0.4, 0.5) is 0 Å². The van der Waals surface area contributed by atoms with Gasteiger partial charge in [0.2, 0.25) is 5.91 Å². The van der Waals surface area contributed by atoms with E-state index in [4.69, 9.17) is 4.52 Å². The molecule has 21 heavy (non-hydrogen) atoms. The van der Waals surface area contributed by atoms with Crippen LogP contribution in [0.15, 0.2) is 10.6 Å². The summed E-state index contributed by atoms with van der Waals surface area (Å²) in [6.07, 6.45) is 4.52. The van der Waals surface area contributed by atoms with Crippen molar-refractivity contribution in [1.29, 1.82) is 0 Å². The summed E-state index contributed by atoms with van der Waals surface area (Å²) in [5.41, 5.74) is 0.831. The van der Waals surface area contributed by atoms with Crippen molar-refractivity contribution in [2.45, 2.75) is 46.1 Å². The number of aryl methyl sites for hydroxylation is 1. The molecule has 116 valence electrons. The quantitative estimate of drug-likeness (QED) is 0.856. The van der Waals surface area contributed by atoms with Crippen molar-refractivity contribution in [1.82, 2.24) is 15.0 Å². The molecular weight excluding hydrogens is 266 g/mol. The van der Waals surface area contributed by atoms with Gasteiger partial charge in [0.1, 0.15) is 0 Å². The third kappa shape index (κ3) is 3.12. The zero-order valence-corrected chi connectivity index (χ0v) is 13.1. The Bertz CT molecular complexity index is 497. The number of aromatic nitrogens is 1. The molecule has 0 atom stereocenters. The minimum atomic E-state index is -0.0930. The van der Waals surface area contributed by atoms with E-state index in [0.29, 0.717) is 5.91 Å². The maximum Gasteiger partial charge on any atom is 0.228 e. The Morgan fingerprint density at radius 3 is 2.52 bits per heavy atom. The van der Waals surface area contributed by atoms with Crippen LogP contribution in [-0.2, 0) is 11.3 Å². The van der Waals surface area contributed by atoms with Gasteiger partial charge in [-0.05, 0) is 19.8 Å². The Hall–Kier alpha value is -1.36. The summed E-state index contributed by atoms with van der Waals surface area (Å²) in [6.45, 7) is 8.38. The second kappa shape index (κ2) is 5.79. The van der Waals surface area contributed by atoms with Gasteiger partial charge in [0, 0.05) is 37.7 Å². The van der Waals surface area contributed by atoms with Gasteiger partial charge in [-0.2, -0.15) is 0 Å². The lowest BCUT2D eigenvalue weighted by molar-refractivity contribution is -0.142. The van der Waals surface area contributed by atoms with Gasteiger partial charge in [0.15, 0.2) is 5.76 Å². The van der Waals surface area contributed by atoms with Crippen LogP contribution in [0.1, 0.15) is 44.1 Å². The van der Waals surface area contributed by atoms with E-state index in [1.165, 1.54) is 12.8 Å². The fourth-order valence-corrected chi connectivity index (χ4v) is 3.57. The topological polar surface area (TPSA) is 49.6 Å². The number of hydrogen-bond donors (Lipinski definition) is 0. The van der Waals surface area contributed by atoms with Gasteiger partial charge in [-0.1, -0.05) is 24.9 Å². The number of piperazine rings is 1. The van der Waals surface area contributed by atoms with Crippen molar-refractivity contribution < 1.29 is 9.32 Å². The highest BCUT2D eigenvalue weighted by Crippen LogP contribution is 2.39. The summed E-state index contributed by atoms with van der Waals surface area (Å²) >= 11 is 0. The number of amides is 1. The fraction of sp³-hybridized carbons (Fsp3) is 0.750. The zero-order valence-electron chi connectivity index (χ0n) is 13.1. The van der Waals surface area contributed by atoms with Gasteiger partial charge >= 0.3 is 0 Å². The van der Waals surface area contributed by atoms with Crippen molar-refractivity contribution in [2.24, 2.45) is 5.41 Å². The lowest BCUT2D eigenvalue weighted by atomic mass is 9.87. The zero-order chi connectivity index (χ0) is 14.9. The minimum absolute atomic E-state index is 0.0930. The molecular formula is C16H25N3O2. The molecule has 2 aliphatic rings. The van der Waals surface area contributed by atoms with Crippen LogP contribution in [0.2, 0.25) is 0 Å². The molecule has 0 spiro atoms. The molecule has 2 fully saturated rings. The summed E-state index contributed by atoms with van der Waals surface area (Å²) in [4.78, 5) is 17.1. The highest BCUT2D eigenvalue weighted by Gasteiger charge is 2.39. The van der Waals surface area contributed by atoms with Crippen molar-refractivity contribution in [3.63, 3.8) is 0 Å². The molecule has 1 saturated heterocycles. The van der Waals surface area contributed by atoms with E-state index in [9.17, 15) is 4.79 Å². The second-order valence-electron chi connectivity index (χ2n) is 6.77. The van der Waals surface area contributed by atoms with Gasteiger partial charge in [-0.25, -0.2) is 0 Å². The minimum Gasteiger partial charge on any atom is -0.360 e. The molecule has 1 saturated carbocycles.